The molecule has 1 heterocycles. The van der Waals surface area contributed by atoms with E-state index in [0.29, 0.717) is 11.4 Å². The SMILES string of the molecule is CCNCc1cc(S(=O)(=O)NC2C(C)(C)C2(C)C)c[nH]1. The quantitative estimate of drug-likeness (QED) is 0.750. The van der Waals surface area contributed by atoms with Crippen molar-refractivity contribution in [3.05, 3.63) is 18.0 Å². The molecule has 20 heavy (non-hydrogen) atoms. The predicted molar refractivity (Wildman–Crippen MR) is 79.8 cm³/mol. The molecule has 2 rings (SSSR count). The van der Waals surface area contributed by atoms with E-state index < -0.39 is 10.0 Å². The summed E-state index contributed by atoms with van der Waals surface area (Å²) in [6.07, 6.45) is 1.55. The highest BCUT2D eigenvalue weighted by molar-refractivity contribution is 7.89. The van der Waals surface area contributed by atoms with Crippen LogP contribution in [0.15, 0.2) is 17.2 Å². The summed E-state index contributed by atoms with van der Waals surface area (Å²) in [6, 6.07) is 1.67. The highest BCUT2D eigenvalue weighted by Crippen LogP contribution is 2.62. The number of rotatable bonds is 6. The van der Waals surface area contributed by atoms with Gasteiger partial charge in [0.25, 0.3) is 0 Å². The van der Waals surface area contributed by atoms with Crippen LogP contribution in [0.4, 0.5) is 0 Å². The highest BCUT2D eigenvalue weighted by atomic mass is 32.2. The Balaban J connectivity index is 2.10. The maximum absolute atomic E-state index is 12.4. The van der Waals surface area contributed by atoms with Gasteiger partial charge in [-0.25, -0.2) is 13.1 Å². The van der Waals surface area contributed by atoms with Gasteiger partial charge >= 0.3 is 0 Å². The van der Waals surface area contributed by atoms with Crippen LogP contribution in [0.25, 0.3) is 0 Å². The van der Waals surface area contributed by atoms with Crippen molar-refractivity contribution in [1.82, 2.24) is 15.0 Å². The number of aromatic nitrogens is 1. The van der Waals surface area contributed by atoms with Crippen LogP contribution in [0.5, 0.6) is 0 Å². The molecule has 1 aliphatic rings. The van der Waals surface area contributed by atoms with Gasteiger partial charge in [0.05, 0.1) is 4.90 Å². The van der Waals surface area contributed by atoms with Gasteiger partial charge < -0.3 is 10.3 Å². The second-order valence-electron chi connectivity index (χ2n) is 6.64. The van der Waals surface area contributed by atoms with Crippen LogP contribution >= 0.6 is 0 Å². The van der Waals surface area contributed by atoms with Crippen LogP contribution in [0.1, 0.15) is 40.3 Å². The average Bonchev–Trinajstić information content (AvgIpc) is 2.78. The molecule has 1 saturated carbocycles. The number of hydrogen-bond acceptors (Lipinski definition) is 3. The maximum Gasteiger partial charge on any atom is 0.242 e. The summed E-state index contributed by atoms with van der Waals surface area (Å²) in [6.45, 7) is 11.9. The Morgan fingerprint density at radius 1 is 1.25 bits per heavy atom. The second kappa shape index (κ2) is 4.86. The lowest BCUT2D eigenvalue weighted by molar-refractivity contribution is 0.457. The molecule has 1 aliphatic carbocycles. The Kier molecular flexibility index (Phi) is 3.77. The Hall–Kier alpha value is -0.850. The smallest absolute Gasteiger partial charge is 0.242 e. The maximum atomic E-state index is 12.4. The van der Waals surface area contributed by atoms with Gasteiger partial charge in [-0.2, -0.15) is 0 Å². The minimum Gasteiger partial charge on any atom is -0.363 e. The largest absolute Gasteiger partial charge is 0.363 e. The molecule has 3 N–H and O–H groups in total. The van der Waals surface area contributed by atoms with Crippen LogP contribution in [-0.2, 0) is 16.6 Å². The van der Waals surface area contributed by atoms with E-state index >= 15 is 0 Å². The van der Waals surface area contributed by atoms with Crippen LogP contribution in [0.2, 0.25) is 0 Å². The second-order valence-corrected chi connectivity index (χ2v) is 8.35. The average molecular weight is 299 g/mol. The third kappa shape index (κ3) is 2.52. The first-order valence-electron chi connectivity index (χ1n) is 7.03. The summed E-state index contributed by atoms with van der Waals surface area (Å²) in [4.78, 5) is 3.31. The van der Waals surface area contributed by atoms with E-state index in [1.807, 2.05) is 6.92 Å². The molecule has 5 nitrogen and oxygen atoms in total. The topological polar surface area (TPSA) is 74.0 Å². The molecule has 1 aromatic heterocycles. The van der Waals surface area contributed by atoms with E-state index in [-0.39, 0.29) is 16.9 Å². The number of aromatic amines is 1. The highest BCUT2D eigenvalue weighted by Gasteiger charge is 2.66. The predicted octanol–water partition coefficient (Wildman–Crippen LogP) is 1.84. The molecule has 0 bridgehead atoms. The number of sulfonamides is 1. The molecule has 0 spiro atoms. The summed E-state index contributed by atoms with van der Waals surface area (Å²) in [5, 5.41) is 3.16. The van der Waals surface area contributed by atoms with E-state index in [1.165, 1.54) is 0 Å². The van der Waals surface area contributed by atoms with Crippen LogP contribution in [-0.4, -0.2) is 26.0 Å². The molecule has 1 fully saturated rings. The summed E-state index contributed by atoms with van der Waals surface area (Å²) in [5.74, 6) is 0. The van der Waals surface area contributed by atoms with Gasteiger partial charge in [-0.1, -0.05) is 34.6 Å². The number of H-pyrrole nitrogens is 1. The van der Waals surface area contributed by atoms with Crippen molar-refractivity contribution in [2.45, 2.75) is 52.1 Å². The Morgan fingerprint density at radius 3 is 2.35 bits per heavy atom. The molecule has 0 amide bonds. The molecule has 0 unspecified atom stereocenters. The van der Waals surface area contributed by atoms with Gasteiger partial charge in [-0.05, 0) is 23.4 Å². The molecule has 114 valence electrons. The molecule has 1 aromatic rings. The van der Waals surface area contributed by atoms with Crippen molar-refractivity contribution in [3.8, 4) is 0 Å². The first-order valence-corrected chi connectivity index (χ1v) is 8.51. The lowest BCUT2D eigenvalue weighted by atomic mass is 10.0. The standard InChI is InChI=1S/C14H25N3O2S/c1-6-15-8-10-7-11(9-16-10)20(18,19)17-12-13(2,3)14(12,4)5/h7,9,12,15-17H,6,8H2,1-5H3. The Bertz CT molecular complexity index is 573. The van der Waals surface area contributed by atoms with Crippen LogP contribution in [0.3, 0.4) is 0 Å². The normalized spacial score (nSPS) is 21.1. The first-order chi connectivity index (χ1) is 9.13. The minimum absolute atomic E-state index is 0.0109. The summed E-state index contributed by atoms with van der Waals surface area (Å²) in [5.41, 5.74) is 0.855. The van der Waals surface area contributed by atoms with Crippen molar-refractivity contribution in [1.29, 1.82) is 0 Å². The number of nitrogens with one attached hydrogen (secondary N) is 3. The molecular weight excluding hydrogens is 274 g/mol. The van der Waals surface area contributed by atoms with Gasteiger partial charge in [0.2, 0.25) is 10.0 Å². The van der Waals surface area contributed by atoms with Gasteiger partial charge in [0.15, 0.2) is 0 Å². The van der Waals surface area contributed by atoms with E-state index in [1.54, 1.807) is 12.3 Å². The van der Waals surface area contributed by atoms with Gasteiger partial charge in [-0.15, -0.1) is 0 Å². The summed E-state index contributed by atoms with van der Waals surface area (Å²) in [7, 11) is -3.45. The molecule has 0 saturated heterocycles. The third-order valence-electron chi connectivity index (χ3n) is 4.89. The van der Waals surface area contributed by atoms with Gasteiger partial charge in [0, 0.05) is 24.5 Å². The molecule has 0 radical (unpaired) electrons. The zero-order valence-electron chi connectivity index (χ0n) is 12.9. The van der Waals surface area contributed by atoms with Gasteiger partial charge in [0.1, 0.15) is 0 Å². The summed E-state index contributed by atoms with van der Waals surface area (Å²) < 4.78 is 27.6. The van der Waals surface area contributed by atoms with E-state index in [2.05, 4.69) is 42.7 Å². The molecule has 0 aromatic carbocycles. The lowest BCUT2D eigenvalue weighted by Crippen LogP contribution is -2.29. The molecular formula is C14H25N3O2S. The summed E-state index contributed by atoms with van der Waals surface area (Å²) >= 11 is 0. The molecule has 6 heteroatoms. The van der Waals surface area contributed by atoms with Crippen molar-refractivity contribution >= 4 is 10.0 Å². The van der Waals surface area contributed by atoms with E-state index in [0.717, 1.165) is 12.2 Å². The molecule has 0 aliphatic heterocycles. The van der Waals surface area contributed by atoms with Crippen molar-refractivity contribution in [2.75, 3.05) is 6.54 Å². The Morgan fingerprint density at radius 2 is 1.85 bits per heavy atom. The fraction of sp³-hybridized carbons (Fsp3) is 0.714. The van der Waals surface area contributed by atoms with E-state index in [4.69, 9.17) is 0 Å². The monoisotopic (exact) mass is 299 g/mol. The minimum atomic E-state index is -3.45. The van der Waals surface area contributed by atoms with Crippen LogP contribution in [0, 0.1) is 10.8 Å². The first kappa shape index (κ1) is 15.5. The fourth-order valence-corrected chi connectivity index (χ4v) is 4.20. The molecule has 0 atom stereocenters. The van der Waals surface area contributed by atoms with Crippen molar-refractivity contribution in [2.24, 2.45) is 10.8 Å². The van der Waals surface area contributed by atoms with E-state index in [9.17, 15) is 8.42 Å². The number of hydrogen-bond donors (Lipinski definition) is 3. The zero-order chi connectivity index (χ0) is 15.2. The van der Waals surface area contributed by atoms with Crippen LogP contribution < -0.4 is 10.0 Å². The Labute approximate surface area is 121 Å². The fourth-order valence-electron chi connectivity index (χ4n) is 2.65. The lowest BCUT2D eigenvalue weighted by Gasteiger charge is -2.06. The van der Waals surface area contributed by atoms with Gasteiger partial charge in [-0.3, -0.25) is 0 Å². The van der Waals surface area contributed by atoms with Crippen molar-refractivity contribution < 1.29 is 8.42 Å². The zero-order valence-corrected chi connectivity index (χ0v) is 13.7. The third-order valence-corrected chi connectivity index (χ3v) is 6.29. The van der Waals surface area contributed by atoms with Crippen molar-refractivity contribution in [3.63, 3.8) is 0 Å².